The Kier molecular flexibility index (Phi) is 7.20. The quantitative estimate of drug-likeness (QED) is 0.743. The lowest BCUT2D eigenvalue weighted by molar-refractivity contribution is 0.0146. The van der Waals surface area contributed by atoms with Gasteiger partial charge in [0.2, 0.25) is 0 Å². The molecule has 1 aromatic rings. The van der Waals surface area contributed by atoms with Crippen molar-refractivity contribution in [3.63, 3.8) is 0 Å². The summed E-state index contributed by atoms with van der Waals surface area (Å²) in [6.45, 7) is -0.303. The van der Waals surface area contributed by atoms with Gasteiger partial charge < -0.3 is 10.1 Å². The number of ether oxygens (including phenoxy) is 1. The summed E-state index contributed by atoms with van der Waals surface area (Å²) in [6, 6.07) is 4.28. The second kappa shape index (κ2) is 8.40. The van der Waals surface area contributed by atoms with Crippen LogP contribution in [0.4, 0.5) is 13.2 Å². The fourth-order valence-corrected chi connectivity index (χ4v) is 1.94. The topological polar surface area (TPSA) is 21.3 Å². The normalized spacial score (nSPS) is 12.9. The van der Waals surface area contributed by atoms with E-state index in [0.717, 1.165) is 5.56 Å². The second-order valence-electron chi connectivity index (χ2n) is 4.18. The molecule has 1 unspecified atom stereocenters. The molecular formula is C13H17ClF3NO. The van der Waals surface area contributed by atoms with E-state index in [9.17, 15) is 13.2 Å². The summed E-state index contributed by atoms with van der Waals surface area (Å²) in [5, 5.41) is 3.43. The number of likely N-dealkylation sites (N-methyl/N-ethyl adjacent to an activating group) is 1. The number of halogens is 4. The van der Waals surface area contributed by atoms with Gasteiger partial charge >= 0.3 is 0 Å². The number of nitrogens with one attached hydrogen (secondary N) is 1. The van der Waals surface area contributed by atoms with Crippen LogP contribution in [0.1, 0.15) is 12.0 Å². The lowest BCUT2D eigenvalue weighted by Gasteiger charge is -2.17. The number of hydrogen-bond acceptors (Lipinski definition) is 2. The standard InChI is InChI=1S/C13H17ClF3NO/c1-18-11(4-5-19-8-13(16)17)6-9-2-3-10(15)7-12(9)14/h2-3,7,11,13,18H,4-6,8H2,1H3. The highest BCUT2D eigenvalue weighted by atomic mass is 35.5. The van der Waals surface area contributed by atoms with Crippen molar-refractivity contribution in [1.82, 2.24) is 5.32 Å². The molecule has 0 bridgehead atoms. The molecule has 2 nitrogen and oxygen atoms in total. The van der Waals surface area contributed by atoms with Crippen LogP contribution < -0.4 is 5.32 Å². The third-order valence-electron chi connectivity index (χ3n) is 2.74. The first-order valence-corrected chi connectivity index (χ1v) is 6.37. The van der Waals surface area contributed by atoms with Gasteiger partial charge in [-0.15, -0.1) is 0 Å². The molecule has 1 aromatic carbocycles. The molecular weight excluding hydrogens is 279 g/mol. The molecule has 0 aliphatic carbocycles. The minimum absolute atomic E-state index is 0.0423. The van der Waals surface area contributed by atoms with Gasteiger partial charge in [0.15, 0.2) is 0 Å². The fraction of sp³-hybridized carbons (Fsp3) is 0.538. The van der Waals surface area contributed by atoms with Crippen LogP contribution in [0, 0.1) is 5.82 Å². The summed E-state index contributed by atoms with van der Waals surface area (Å²) in [5.74, 6) is -0.380. The van der Waals surface area contributed by atoms with Crippen molar-refractivity contribution in [1.29, 1.82) is 0 Å². The van der Waals surface area contributed by atoms with Gasteiger partial charge in [-0.3, -0.25) is 0 Å². The van der Waals surface area contributed by atoms with Gasteiger partial charge in [0.1, 0.15) is 12.4 Å². The molecule has 1 rings (SSSR count). The number of hydrogen-bond donors (Lipinski definition) is 1. The molecule has 0 aliphatic rings. The van der Waals surface area contributed by atoms with E-state index >= 15 is 0 Å². The summed E-state index contributed by atoms with van der Waals surface area (Å²) in [5.41, 5.74) is 0.816. The van der Waals surface area contributed by atoms with E-state index in [1.165, 1.54) is 12.1 Å². The van der Waals surface area contributed by atoms with Crippen LogP contribution in [0.5, 0.6) is 0 Å². The summed E-state index contributed by atoms with van der Waals surface area (Å²) in [6.07, 6.45) is -1.27. The molecule has 1 atom stereocenters. The maximum atomic E-state index is 12.9. The van der Waals surface area contributed by atoms with E-state index in [2.05, 4.69) is 5.32 Å². The van der Waals surface area contributed by atoms with Crippen LogP contribution in [-0.2, 0) is 11.2 Å². The van der Waals surface area contributed by atoms with E-state index in [4.69, 9.17) is 16.3 Å². The lowest BCUT2D eigenvalue weighted by atomic mass is 10.0. The molecule has 0 radical (unpaired) electrons. The third kappa shape index (κ3) is 6.27. The summed E-state index contributed by atoms with van der Waals surface area (Å²) >= 11 is 5.94. The molecule has 0 aliphatic heterocycles. The van der Waals surface area contributed by atoms with Crippen molar-refractivity contribution in [3.05, 3.63) is 34.6 Å². The predicted octanol–water partition coefficient (Wildman–Crippen LogP) is 3.28. The molecule has 0 heterocycles. The van der Waals surface area contributed by atoms with Crippen molar-refractivity contribution < 1.29 is 17.9 Å². The smallest absolute Gasteiger partial charge is 0.261 e. The van der Waals surface area contributed by atoms with Gasteiger partial charge in [-0.05, 0) is 37.6 Å². The zero-order valence-electron chi connectivity index (χ0n) is 10.6. The molecule has 0 fully saturated rings. The van der Waals surface area contributed by atoms with Gasteiger partial charge in [0.05, 0.1) is 0 Å². The monoisotopic (exact) mass is 295 g/mol. The molecule has 6 heteroatoms. The van der Waals surface area contributed by atoms with Gasteiger partial charge in [-0.2, -0.15) is 0 Å². The van der Waals surface area contributed by atoms with Crippen molar-refractivity contribution in [3.8, 4) is 0 Å². The largest absolute Gasteiger partial charge is 0.375 e. The van der Waals surface area contributed by atoms with E-state index in [1.807, 2.05) is 0 Å². The van der Waals surface area contributed by atoms with Gasteiger partial charge in [-0.1, -0.05) is 17.7 Å². The SMILES string of the molecule is CNC(CCOCC(F)F)Cc1ccc(F)cc1Cl. The van der Waals surface area contributed by atoms with Crippen LogP contribution in [0.15, 0.2) is 18.2 Å². The Morgan fingerprint density at radius 2 is 2.11 bits per heavy atom. The molecule has 0 saturated carbocycles. The Morgan fingerprint density at radius 1 is 1.37 bits per heavy atom. The molecule has 0 saturated heterocycles. The Hall–Kier alpha value is -0.780. The summed E-state index contributed by atoms with van der Waals surface area (Å²) in [4.78, 5) is 0. The van der Waals surface area contributed by atoms with Crippen molar-refractivity contribution >= 4 is 11.6 Å². The van der Waals surface area contributed by atoms with Crippen LogP contribution in [-0.4, -0.2) is 32.7 Å². The number of benzene rings is 1. The van der Waals surface area contributed by atoms with Crippen molar-refractivity contribution in [2.45, 2.75) is 25.3 Å². The van der Waals surface area contributed by atoms with Gasteiger partial charge in [0.25, 0.3) is 6.43 Å². The highest BCUT2D eigenvalue weighted by molar-refractivity contribution is 6.31. The maximum Gasteiger partial charge on any atom is 0.261 e. The van der Waals surface area contributed by atoms with Crippen LogP contribution in [0.25, 0.3) is 0 Å². The van der Waals surface area contributed by atoms with E-state index in [1.54, 1.807) is 13.1 Å². The first-order valence-electron chi connectivity index (χ1n) is 6.00. The van der Waals surface area contributed by atoms with Gasteiger partial charge in [0, 0.05) is 17.7 Å². The first-order chi connectivity index (χ1) is 9.02. The predicted molar refractivity (Wildman–Crippen MR) is 69.4 cm³/mol. The third-order valence-corrected chi connectivity index (χ3v) is 3.10. The van der Waals surface area contributed by atoms with E-state index in [0.29, 0.717) is 17.9 Å². The van der Waals surface area contributed by atoms with Crippen LogP contribution >= 0.6 is 11.6 Å². The Morgan fingerprint density at radius 3 is 2.68 bits per heavy atom. The summed E-state index contributed by atoms with van der Waals surface area (Å²) in [7, 11) is 1.77. The lowest BCUT2D eigenvalue weighted by Crippen LogP contribution is -2.29. The van der Waals surface area contributed by atoms with Crippen LogP contribution in [0.2, 0.25) is 5.02 Å². The first kappa shape index (κ1) is 16.3. The Labute approximate surface area is 115 Å². The highest BCUT2D eigenvalue weighted by Crippen LogP contribution is 2.19. The average molecular weight is 296 g/mol. The summed E-state index contributed by atoms with van der Waals surface area (Å²) < 4.78 is 41.5. The molecule has 0 amide bonds. The number of alkyl halides is 2. The molecule has 108 valence electrons. The maximum absolute atomic E-state index is 12.9. The Balaban J connectivity index is 2.43. The van der Waals surface area contributed by atoms with Crippen molar-refractivity contribution in [2.75, 3.05) is 20.3 Å². The average Bonchev–Trinajstić information content (AvgIpc) is 2.35. The second-order valence-corrected chi connectivity index (χ2v) is 4.59. The molecule has 0 aromatic heterocycles. The minimum atomic E-state index is -2.44. The highest BCUT2D eigenvalue weighted by Gasteiger charge is 2.11. The molecule has 1 N–H and O–H groups in total. The van der Waals surface area contributed by atoms with E-state index in [-0.39, 0.29) is 18.5 Å². The zero-order chi connectivity index (χ0) is 14.3. The number of rotatable bonds is 8. The van der Waals surface area contributed by atoms with Crippen LogP contribution in [0.3, 0.4) is 0 Å². The Bertz CT molecular complexity index is 390. The fourth-order valence-electron chi connectivity index (χ4n) is 1.70. The zero-order valence-corrected chi connectivity index (χ0v) is 11.4. The van der Waals surface area contributed by atoms with Crippen molar-refractivity contribution in [2.24, 2.45) is 0 Å². The minimum Gasteiger partial charge on any atom is -0.375 e. The molecule has 19 heavy (non-hydrogen) atoms. The van der Waals surface area contributed by atoms with Gasteiger partial charge in [-0.25, -0.2) is 13.2 Å². The molecule has 0 spiro atoms. The van der Waals surface area contributed by atoms with E-state index < -0.39 is 13.0 Å².